The van der Waals surface area contributed by atoms with Crippen LogP contribution in [0.15, 0.2) is 11.2 Å². The highest BCUT2D eigenvalue weighted by Gasteiger charge is 2.20. The smallest absolute Gasteiger partial charge is 0.228 e. The highest BCUT2D eigenvalue weighted by molar-refractivity contribution is 7.98. The van der Waals surface area contributed by atoms with Gasteiger partial charge in [-0.1, -0.05) is 18.5 Å². The monoisotopic (exact) mass is 319 g/mol. The molecule has 0 bridgehead atoms. The van der Waals surface area contributed by atoms with Crippen molar-refractivity contribution in [3.05, 3.63) is 11.2 Å². The third kappa shape index (κ3) is 4.77. The first-order valence-corrected chi connectivity index (χ1v) is 8.13. The molecule has 2 unspecified atom stereocenters. The maximum atomic E-state index is 9.80. The Morgan fingerprint density at radius 1 is 1.55 bits per heavy atom. The average molecular weight is 320 g/mol. The average Bonchev–Trinajstić information content (AvgIpc) is 2.45. The van der Waals surface area contributed by atoms with E-state index in [1.54, 1.807) is 13.3 Å². The van der Waals surface area contributed by atoms with Gasteiger partial charge < -0.3 is 14.7 Å². The van der Waals surface area contributed by atoms with E-state index in [0.29, 0.717) is 24.1 Å². The summed E-state index contributed by atoms with van der Waals surface area (Å²) in [6, 6.07) is 0.0702. The molecule has 0 aliphatic carbocycles. The molecule has 0 spiro atoms. The Labute approximate surface area is 129 Å². The van der Waals surface area contributed by atoms with Crippen LogP contribution in [0, 0.1) is 0 Å². The standard InChI is InChI=1S/C13H22ClN3O2S/c1-5-10(18)6-9(2)17(8-19-3)13-15-7-11(14)12(16-13)20-4/h7,9-10,18H,5-6,8H2,1-4H3. The summed E-state index contributed by atoms with van der Waals surface area (Å²) >= 11 is 7.50. The summed E-state index contributed by atoms with van der Waals surface area (Å²) in [5.74, 6) is 0.566. The maximum Gasteiger partial charge on any atom is 0.228 e. The van der Waals surface area contributed by atoms with Gasteiger partial charge in [0.15, 0.2) is 0 Å². The molecule has 1 aromatic heterocycles. The number of aromatic nitrogens is 2. The lowest BCUT2D eigenvalue weighted by molar-refractivity contribution is 0.139. The molecule has 1 aromatic rings. The molecule has 0 fully saturated rings. The van der Waals surface area contributed by atoms with Crippen LogP contribution in [0.3, 0.4) is 0 Å². The van der Waals surface area contributed by atoms with E-state index in [4.69, 9.17) is 16.3 Å². The molecule has 5 nitrogen and oxygen atoms in total. The van der Waals surface area contributed by atoms with Gasteiger partial charge in [-0.15, -0.1) is 11.8 Å². The molecule has 7 heteroatoms. The van der Waals surface area contributed by atoms with Crippen LogP contribution >= 0.6 is 23.4 Å². The third-order valence-corrected chi connectivity index (χ3v) is 4.12. The Hall–Kier alpha value is -0.560. The van der Waals surface area contributed by atoms with Crippen LogP contribution in [0.1, 0.15) is 26.7 Å². The normalized spacial score (nSPS) is 14.1. The van der Waals surface area contributed by atoms with Crippen molar-refractivity contribution in [1.82, 2.24) is 9.97 Å². The fraction of sp³-hybridized carbons (Fsp3) is 0.692. The first kappa shape index (κ1) is 17.5. The molecule has 1 heterocycles. The first-order valence-electron chi connectivity index (χ1n) is 6.53. The van der Waals surface area contributed by atoms with E-state index >= 15 is 0 Å². The van der Waals surface area contributed by atoms with Crippen LogP contribution in [0.4, 0.5) is 5.95 Å². The number of rotatable bonds is 8. The molecule has 114 valence electrons. The van der Waals surface area contributed by atoms with Crippen molar-refractivity contribution in [3.8, 4) is 0 Å². The number of anilines is 1. The fourth-order valence-corrected chi connectivity index (χ4v) is 2.58. The van der Waals surface area contributed by atoms with Gasteiger partial charge in [0.2, 0.25) is 5.95 Å². The Bertz CT molecular complexity index is 423. The number of hydrogen-bond acceptors (Lipinski definition) is 6. The van der Waals surface area contributed by atoms with Gasteiger partial charge in [0.25, 0.3) is 0 Å². The lowest BCUT2D eigenvalue weighted by Crippen LogP contribution is -2.38. The number of aliphatic hydroxyl groups excluding tert-OH is 1. The zero-order valence-corrected chi connectivity index (χ0v) is 13.9. The Morgan fingerprint density at radius 3 is 2.80 bits per heavy atom. The number of thioether (sulfide) groups is 1. The topological polar surface area (TPSA) is 58.5 Å². The van der Waals surface area contributed by atoms with Crippen LogP contribution in [0.5, 0.6) is 0 Å². The van der Waals surface area contributed by atoms with Crippen molar-refractivity contribution in [2.24, 2.45) is 0 Å². The zero-order valence-electron chi connectivity index (χ0n) is 12.3. The molecule has 0 saturated carbocycles. The quantitative estimate of drug-likeness (QED) is 0.452. The number of methoxy groups -OCH3 is 1. The molecule has 1 N–H and O–H groups in total. The second-order valence-electron chi connectivity index (χ2n) is 4.56. The second-order valence-corrected chi connectivity index (χ2v) is 5.76. The first-order chi connectivity index (χ1) is 9.53. The van der Waals surface area contributed by atoms with E-state index in [-0.39, 0.29) is 12.1 Å². The van der Waals surface area contributed by atoms with E-state index in [1.807, 2.05) is 25.0 Å². The highest BCUT2D eigenvalue weighted by atomic mass is 35.5. The summed E-state index contributed by atoms with van der Waals surface area (Å²) in [6.45, 7) is 4.35. The van der Waals surface area contributed by atoms with Crippen LogP contribution in [0.25, 0.3) is 0 Å². The van der Waals surface area contributed by atoms with Crippen molar-refractivity contribution < 1.29 is 9.84 Å². The predicted octanol–water partition coefficient (Wildman–Crippen LogP) is 2.81. The summed E-state index contributed by atoms with van der Waals surface area (Å²) < 4.78 is 5.22. The molecule has 0 radical (unpaired) electrons. The molecule has 0 aliphatic rings. The zero-order chi connectivity index (χ0) is 15.1. The molecule has 0 aliphatic heterocycles. The minimum atomic E-state index is -0.336. The lowest BCUT2D eigenvalue weighted by Gasteiger charge is -2.29. The largest absolute Gasteiger partial charge is 0.393 e. The fourth-order valence-electron chi connectivity index (χ4n) is 1.83. The summed E-state index contributed by atoms with van der Waals surface area (Å²) in [5, 5.41) is 11.1. The van der Waals surface area contributed by atoms with Crippen molar-refractivity contribution in [2.75, 3.05) is 25.0 Å². The molecule has 0 amide bonds. The Balaban J connectivity index is 2.94. The van der Waals surface area contributed by atoms with Gasteiger partial charge in [0.05, 0.1) is 17.3 Å². The summed E-state index contributed by atoms with van der Waals surface area (Å²) in [7, 11) is 1.63. The highest BCUT2D eigenvalue weighted by Crippen LogP contribution is 2.25. The van der Waals surface area contributed by atoms with Crippen molar-refractivity contribution in [3.63, 3.8) is 0 Å². The molecular formula is C13H22ClN3O2S. The van der Waals surface area contributed by atoms with Gasteiger partial charge in [0, 0.05) is 13.2 Å². The van der Waals surface area contributed by atoms with Crippen LogP contribution < -0.4 is 4.90 Å². The van der Waals surface area contributed by atoms with Crippen LogP contribution in [0.2, 0.25) is 5.02 Å². The Kier molecular flexibility index (Phi) is 7.58. The SMILES string of the molecule is CCC(O)CC(C)N(COC)c1ncc(Cl)c(SC)n1. The van der Waals surface area contributed by atoms with Gasteiger partial charge in [0.1, 0.15) is 11.8 Å². The van der Waals surface area contributed by atoms with Crippen molar-refractivity contribution in [2.45, 2.75) is 43.9 Å². The second kappa shape index (κ2) is 8.67. The van der Waals surface area contributed by atoms with Gasteiger partial charge >= 0.3 is 0 Å². The molecule has 0 saturated heterocycles. The van der Waals surface area contributed by atoms with Crippen molar-refractivity contribution >= 4 is 29.3 Å². The summed E-state index contributed by atoms with van der Waals surface area (Å²) in [6.07, 6.45) is 4.55. The van der Waals surface area contributed by atoms with E-state index in [9.17, 15) is 5.11 Å². The Morgan fingerprint density at radius 2 is 2.25 bits per heavy atom. The van der Waals surface area contributed by atoms with Crippen molar-refractivity contribution in [1.29, 1.82) is 0 Å². The number of hydrogen-bond donors (Lipinski definition) is 1. The molecule has 0 aromatic carbocycles. The molecular weight excluding hydrogens is 298 g/mol. The van der Waals surface area contributed by atoms with Gasteiger partial charge in [-0.3, -0.25) is 0 Å². The maximum absolute atomic E-state index is 9.80. The van der Waals surface area contributed by atoms with Gasteiger partial charge in [-0.2, -0.15) is 0 Å². The minimum Gasteiger partial charge on any atom is -0.393 e. The van der Waals surface area contributed by atoms with E-state index in [2.05, 4.69) is 9.97 Å². The minimum absolute atomic E-state index is 0.0702. The summed E-state index contributed by atoms with van der Waals surface area (Å²) in [5.41, 5.74) is 0. The number of aliphatic hydroxyl groups is 1. The molecule has 2 atom stereocenters. The van der Waals surface area contributed by atoms with E-state index in [0.717, 1.165) is 11.4 Å². The summed E-state index contributed by atoms with van der Waals surface area (Å²) in [4.78, 5) is 10.6. The van der Waals surface area contributed by atoms with Crippen LogP contribution in [-0.2, 0) is 4.74 Å². The molecule has 20 heavy (non-hydrogen) atoms. The van der Waals surface area contributed by atoms with Crippen LogP contribution in [-0.4, -0.2) is 47.3 Å². The van der Waals surface area contributed by atoms with E-state index in [1.165, 1.54) is 11.8 Å². The molecule has 1 rings (SSSR count). The van der Waals surface area contributed by atoms with Gasteiger partial charge in [-0.05, 0) is 26.0 Å². The number of ether oxygens (including phenoxy) is 1. The lowest BCUT2D eigenvalue weighted by atomic mass is 10.1. The third-order valence-electron chi connectivity index (χ3n) is 3.03. The predicted molar refractivity (Wildman–Crippen MR) is 83.6 cm³/mol. The number of halogens is 1. The van der Waals surface area contributed by atoms with E-state index < -0.39 is 0 Å². The number of nitrogens with zero attached hydrogens (tertiary/aromatic N) is 3. The van der Waals surface area contributed by atoms with Gasteiger partial charge in [-0.25, -0.2) is 9.97 Å².